The van der Waals surface area contributed by atoms with Crippen LogP contribution in [0.15, 0.2) is 29.4 Å². The maximum atomic E-state index is 12.8. The second-order valence-corrected chi connectivity index (χ2v) is 9.80. The van der Waals surface area contributed by atoms with E-state index in [0.29, 0.717) is 16.9 Å². The number of rotatable bonds is 7. The van der Waals surface area contributed by atoms with Gasteiger partial charge in [-0.1, -0.05) is 24.9 Å². The van der Waals surface area contributed by atoms with Crippen LogP contribution in [0, 0.1) is 5.92 Å². The molecule has 2 aliphatic rings. The van der Waals surface area contributed by atoms with Crippen molar-refractivity contribution < 1.29 is 9.59 Å². The van der Waals surface area contributed by atoms with Crippen LogP contribution in [0.1, 0.15) is 46.5 Å². The first-order chi connectivity index (χ1) is 14.9. The highest BCUT2D eigenvalue weighted by atomic mass is 35.5. The van der Waals surface area contributed by atoms with Crippen LogP contribution in [-0.2, 0) is 4.79 Å². The first-order valence-electron chi connectivity index (χ1n) is 10.9. The summed E-state index contributed by atoms with van der Waals surface area (Å²) in [5.41, 5.74) is 0. The highest BCUT2D eigenvalue weighted by molar-refractivity contribution is 8.03. The summed E-state index contributed by atoms with van der Waals surface area (Å²) in [6.45, 7) is 8.53. The number of nitrogens with one attached hydrogen (secondary N) is 2. The van der Waals surface area contributed by atoms with Gasteiger partial charge in [0.1, 0.15) is 5.82 Å². The summed E-state index contributed by atoms with van der Waals surface area (Å²) in [5, 5.41) is 5.56. The predicted molar refractivity (Wildman–Crippen MR) is 127 cm³/mol. The van der Waals surface area contributed by atoms with Crippen LogP contribution < -0.4 is 10.6 Å². The van der Waals surface area contributed by atoms with Crippen molar-refractivity contribution in [3.8, 4) is 0 Å². The quantitative estimate of drug-likeness (QED) is 0.616. The fourth-order valence-electron chi connectivity index (χ4n) is 4.02. The maximum absolute atomic E-state index is 12.8. The normalized spacial score (nSPS) is 21.8. The van der Waals surface area contributed by atoms with Crippen molar-refractivity contribution in [1.82, 2.24) is 20.1 Å². The van der Waals surface area contributed by atoms with Crippen LogP contribution in [-0.4, -0.2) is 57.8 Å². The molecule has 9 heteroatoms. The van der Waals surface area contributed by atoms with Gasteiger partial charge in [0, 0.05) is 41.8 Å². The van der Waals surface area contributed by atoms with Gasteiger partial charge in [-0.15, -0.1) is 11.8 Å². The Bertz CT molecular complexity index is 802. The number of imide groups is 1. The number of urea groups is 1. The van der Waals surface area contributed by atoms with Gasteiger partial charge in [0.2, 0.25) is 5.91 Å². The molecular formula is C22H32ClN5O2S. The van der Waals surface area contributed by atoms with Gasteiger partial charge in [-0.25, -0.2) is 9.78 Å². The Balaban J connectivity index is 1.61. The van der Waals surface area contributed by atoms with Crippen molar-refractivity contribution in [2.24, 2.45) is 5.92 Å². The lowest BCUT2D eigenvalue weighted by Crippen LogP contribution is -2.50. The van der Waals surface area contributed by atoms with Gasteiger partial charge in [0.05, 0.1) is 10.9 Å². The molecule has 3 amide bonds. The van der Waals surface area contributed by atoms with Crippen LogP contribution in [0.2, 0.25) is 5.02 Å². The van der Waals surface area contributed by atoms with E-state index < -0.39 is 6.03 Å². The van der Waals surface area contributed by atoms with E-state index in [9.17, 15) is 9.59 Å². The van der Waals surface area contributed by atoms with Gasteiger partial charge in [0.15, 0.2) is 0 Å². The first-order valence-corrected chi connectivity index (χ1v) is 12.3. The number of unbranched alkanes of at least 4 members (excludes halogenated alkanes) is 1. The lowest BCUT2D eigenvalue weighted by molar-refractivity contribution is -0.125. The Morgan fingerprint density at radius 3 is 2.84 bits per heavy atom. The zero-order chi connectivity index (χ0) is 22.4. The lowest BCUT2D eigenvalue weighted by atomic mass is 9.89. The first kappa shape index (κ1) is 23.9. The highest BCUT2D eigenvalue weighted by Crippen LogP contribution is 2.37. The Kier molecular flexibility index (Phi) is 8.63. The van der Waals surface area contributed by atoms with E-state index in [4.69, 9.17) is 11.6 Å². The molecule has 0 bridgehead atoms. The minimum atomic E-state index is -0.567. The van der Waals surface area contributed by atoms with E-state index in [1.54, 1.807) is 12.1 Å². The minimum Gasteiger partial charge on any atom is -0.367 e. The number of hydrogen-bond donors (Lipinski definition) is 2. The zero-order valence-corrected chi connectivity index (χ0v) is 20.0. The Morgan fingerprint density at radius 1 is 1.35 bits per heavy atom. The molecule has 0 saturated carbocycles. The summed E-state index contributed by atoms with van der Waals surface area (Å²) in [5.74, 6) is 0.897. The Labute approximate surface area is 194 Å². The molecule has 31 heavy (non-hydrogen) atoms. The average Bonchev–Trinajstić information content (AvgIpc) is 3.22. The van der Waals surface area contributed by atoms with E-state index in [1.807, 2.05) is 11.8 Å². The lowest BCUT2D eigenvalue weighted by Gasteiger charge is -2.41. The second-order valence-electron chi connectivity index (χ2n) is 8.34. The number of aromatic nitrogens is 1. The molecule has 1 aromatic heterocycles. The smallest absolute Gasteiger partial charge is 0.327 e. The summed E-state index contributed by atoms with van der Waals surface area (Å²) in [6, 6.07) is 3.27. The number of likely N-dealkylation sites (tertiary alicyclic amines) is 1. The standard InChI is InChI=1S/C22H32ClN5O2S/c1-4-5-9-27-13-19(31-14-27)18-11-16(8-10-28(18)15(2)3)21(29)26-22(30)25-20-7-6-17(23)12-24-20/h6-7,12-13,15-16,18H,4-5,8-11,14H2,1-3H3,(H2,24,25,26,29,30). The maximum Gasteiger partial charge on any atom is 0.327 e. The van der Waals surface area contributed by atoms with E-state index >= 15 is 0 Å². The predicted octanol–water partition coefficient (Wildman–Crippen LogP) is 4.52. The molecule has 0 aliphatic carbocycles. The largest absolute Gasteiger partial charge is 0.367 e. The fraction of sp³-hybridized carbons (Fsp3) is 0.591. The number of anilines is 1. The van der Waals surface area contributed by atoms with Crippen molar-refractivity contribution in [3.05, 3.63) is 34.5 Å². The van der Waals surface area contributed by atoms with Crippen LogP contribution >= 0.6 is 23.4 Å². The molecule has 7 nitrogen and oxygen atoms in total. The van der Waals surface area contributed by atoms with Crippen molar-refractivity contribution in [2.45, 2.75) is 58.5 Å². The van der Waals surface area contributed by atoms with Gasteiger partial charge >= 0.3 is 6.03 Å². The van der Waals surface area contributed by atoms with E-state index in [1.165, 1.54) is 23.9 Å². The molecule has 0 spiro atoms. The Morgan fingerprint density at radius 2 is 2.16 bits per heavy atom. The number of halogens is 1. The summed E-state index contributed by atoms with van der Waals surface area (Å²) >= 11 is 7.69. The molecule has 2 atom stereocenters. The number of carbonyl (C=O) groups is 2. The average molecular weight is 466 g/mol. The van der Waals surface area contributed by atoms with Gasteiger partial charge in [-0.2, -0.15) is 0 Å². The number of thioether (sulfide) groups is 1. The number of nitrogens with zero attached hydrogens (tertiary/aromatic N) is 3. The number of amides is 3. The Hall–Kier alpha value is -1.77. The van der Waals surface area contributed by atoms with Crippen molar-refractivity contribution in [3.63, 3.8) is 0 Å². The number of pyridine rings is 1. The van der Waals surface area contributed by atoms with Gasteiger partial charge in [-0.3, -0.25) is 20.3 Å². The van der Waals surface area contributed by atoms with Crippen LogP contribution in [0.25, 0.3) is 0 Å². The molecule has 3 heterocycles. The molecule has 1 aromatic rings. The van der Waals surface area contributed by atoms with Crippen molar-refractivity contribution in [2.75, 3.05) is 24.3 Å². The van der Waals surface area contributed by atoms with E-state index in [-0.39, 0.29) is 17.9 Å². The van der Waals surface area contributed by atoms with Crippen LogP contribution in [0.3, 0.4) is 0 Å². The highest BCUT2D eigenvalue weighted by Gasteiger charge is 2.37. The summed E-state index contributed by atoms with van der Waals surface area (Å²) in [6.07, 6.45) is 7.55. The molecule has 1 fully saturated rings. The molecule has 1 saturated heterocycles. The SMILES string of the molecule is CCCCN1C=C(C2CC(C(=O)NC(=O)Nc3ccc(Cl)cn3)CCN2C(C)C)SC1. The second kappa shape index (κ2) is 11.2. The number of carbonyl (C=O) groups excluding carboxylic acids is 2. The van der Waals surface area contributed by atoms with Gasteiger partial charge in [0.25, 0.3) is 0 Å². The van der Waals surface area contributed by atoms with Crippen molar-refractivity contribution in [1.29, 1.82) is 0 Å². The zero-order valence-electron chi connectivity index (χ0n) is 18.4. The summed E-state index contributed by atoms with van der Waals surface area (Å²) < 4.78 is 0. The molecule has 3 rings (SSSR count). The van der Waals surface area contributed by atoms with Crippen molar-refractivity contribution >= 4 is 41.1 Å². The van der Waals surface area contributed by atoms with Crippen LogP contribution in [0.4, 0.5) is 10.6 Å². The third-order valence-electron chi connectivity index (χ3n) is 5.72. The third kappa shape index (κ3) is 6.60. The fourth-order valence-corrected chi connectivity index (χ4v) is 5.29. The topological polar surface area (TPSA) is 77.6 Å². The van der Waals surface area contributed by atoms with E-state index in [2.05, 4.69) is 52.4 Å². The molecule has 170 valence electrons. The van der Waals surface area contributed by atoms with E-state index in [0.717, 1.165) is 31.8 Å². The molecular weight excluding hydrogens is 434 g/mol. The molecule has 2 N–H and O–H groups in total. The van der Waals surface area contributed by atoms with Gasteiger partial charge < -0.3 is 4.90 Å². The molecule has 2 aliphatic heterocycles. The van der Waals surface area contributed by atoms with Gasteiger partial charge in [-0.05, 0) is 51.8 Å². The summed E-state index contributed by atoms with van der Waals surface area (Å²) in [7, 11) is 0. The monoisotopic (exact) mass is 465 g/mol. The number of piperidine rings is 1. The summed E-state index contributed by atoms with van der Waals surface area (Å²) in [4.78, 5) is 35.3. The molecule has 0 radical (unpaired) electrons. The minimum absolute atomic E-state index is 0.199. The molecule has 0 aromatic carbocycles. The third-order valence-corrected chi connectivity index (χ3v) is 7.11. The van der Waals surface area contributed by atoms with Crippen LogP contribution in [0.5, 0.6) is 0 Å². The molecule has 2 unspecified atom stereocenters. The number of hydrogen-bond acceptors (Lipinski definition) is 6.